The van der Waals surface area contributed by atoms with E-state index < -0.39 is 22.0 Å². The summed E-state index contributed by atoms with van der Waals surface area (Å²) in [5.74, 6) is -0.645. The van der Waals surface area contributed by atoms with Gasteiger partial charge in [0, 0.05) is 4.88 Å². The van der Waals surface area contributed by atoms with E-state index in [1.54, 1.807) is 17.5 Å². The quantitative estimate of drug-likeness (QED) is 0.716. The molecule has 2 N–H and O–H groups in total. The first-order valence-electron chi connectivity index (χ1n) is 3.15. The molecule has 1 atom stereocenters. The van der Waals surface area contributed by atoms with Gasteiger partial charge in [-0.1, -0.05) is 6.07 Å². The molecule has 1 aromatic heterocycles. The van der Waals surface area contributed by atoms with Crippen molar-refractivity contribution in [3.8, 4) is 0 Å². The van der Waals surface area contributed by atoms with Crippen LogP contribution in [0.4, 0.5) is 0 Å². The smallest absolute Gasteiger partial charge is 0.267 e. The topological polar surface area (TPSA) is 74.6 Å². The SMILES string of the molecule is O=S(=O)(O)CC(O)c1cccs1. The fourth-order valence-corrected chi connectivity index (χ4v) is 2.16. The van der Waals surface area contributed by atoms with Crippen LogP contribution in [0, 0.1) is 0 Å². The molecule has 1 aromatic rings. The highest BCUT2D eigenvalue weighted by molar-refractivity contribution is 7.85. The molecule has 0 aliphatic carbocycles. The minimum absolute atomic E-state index is 0.535. The van der Waals surface area contributed by atoms with Crippen LogP contribution in [-0.4, -0.2) is 23.8 Å². The highest BCUT2D eigenvalue weighted by atomic mass is 32.2. The molecule has 12 heavy (non-hydrogen) atoms. The Bertz CT molecular complexity index is 326. The first kappa shape index (κ1) is 9.66. The molecule has 0 radical (unpaired) electrons. The van der Waals surface area contributed by atoms with E-state index in [2.05, 4.69) is 0 Å². The van der Waals surface area contributed by atoms with Crippen LogP contribution in [0.15, 0.2) is 17.5 Å². The molecule has 0 spiro atoms. The number of hydrogen-bond donors (Lipinski definition) is 2. The van der Waals surface area contributed by atoms with Crippen molar-refractivity contribution in [1.29, 1.82) is 0 Å². The van der Waals surface area contributed by atoms with Crippen LogP contribution in [0.5, 0.6) is 0 Å². The molecule has 0 fully saturated rings. The van der Waals surface area contributed by atoms with E-state index in [4.69, 9.17) is 4.55 Å². The van der Waals surface area contributed by atoms with Crippen molar-refractivity contribution in [3.05, 3.63) is 22.4 Å². The van der Waals surface area contributed by atoms with Gasteiger partial charge in [-0.2, -0.15) is 8.42 Å². The number of aliphatic hydroxyl groups is 1. The summed E-state index contributed by atoms with van der Waals surface area (Å²) < 4.78 is 29.1. The molecule has 0 amide bonds. The Morgan fingerprint density at radius 2 is 2.25 bits per heavy atom. The maximum atomic E-state index is 10.3. The second-order valence-electron chi connectivity index (χ2n) is 2.28. The molecule has 0 saturated heterocycles. The van der Waals surface area contributed by atoms with Crippen LogP contribution in [0.25, 0.3) is 0 Å². The van der Waals surface area contributed by atoms with Crippen molar-refractivity contribution in [2.24, 2.45) is 0 Å². The summed E-state index contributed by atoms with van der Waals surface area (Å²) in [7, 11) is -4.09. The van der Waals surface area contributed by atoms with Gasteiger partial charge in [0.15, 0.2) is 0 Å². The molecule has 68 valence electrons. The Balaban J connectivity index is 2.68. The predicted octanol–water partition coefficient (Wildman–Crippen LogP) is 0.669. The third-order valence-electron chi connectivity index (χ3n) is 1.24. The number of hydrogen-bond acceptors (Lipinski definition) is 4. The van der Waals surface area contributed by atoms with Crippen molar-refractivity contribution in [2.45, 2.75) is 6.10 Å². The third kappa shape index (κ3) is 2.90. The standard InChI is InChI=1S/C6H8O4S2/c7-5(4-12(8,9)10)6-2-1-3-11-6/h1-3,5,7H,4H2,(H,8,9,10). The van der Waals surface area contributed by atoms with Crippen LogP contribution in [0.3, 0.4) is 0 Å². The summed E-state index contributed by atoms with van der Waals surface area (Å²) in [6.45, 7) is 0. The van der Waals surface area contributed by atoms with Crippen molar-refractivity contribution >= 4 is 21.5 Å². The molecule has 4 nitrogen and oxygen atoms in total. The average molecular weight is 208 g/mol. The third-order valence-corrected chi connectivity index (χ3v) is 2.95. The van der Waals surface area contributed by atoms with Crippen LogP contribution < -0.4 is 0 Å². The molecule has 0 aliphatic heterocycles. The van der Waals surface area contributed by atoms with Gasteiger partial charge in [0.1, 0.15) is 11.9 Å². The Hall–Kier alpha value is -0.430. The number of rotatable bonds is 3. The van der Waals surface area contributed by atoms with Crippen molar-refractivity contribution in [2.75, 3.05) is 5.75 Å². The van der Waals surface area contributed by atoms with Gasteiger partial charge in [0.25, 0.3) is 10.1 Å². The van der Waals surface area contributed by atoms with E-state index in [-0.39, 0.29) is 0 Å². The molecule has 0 aromatic carbocycles. The lowest BCUT2D eigenvalue weighted by Gasteiger charge is -2.04. The average Bonchev–Trinajstić information content (AvgIpc) is 2.32. The largest absolute Gasteiger partial charge is 0.386 e. The van der Waals surface area contributed by atoms with Gasteiger partial charge in [-0.3, -0.25) is 4.55 Å². The lowest BCUT2D eigenvalue weighted by atomic mass is 10.3. The predicted molar refractivity (Wildman–Crippen MR) is 45.7 cm³/mol. The van der Waals surface area contributed by atoms with Crippen molar-refractivity contribution in [3.63, 3.8) is 0 Å². The Morgan fingerprint density at radius 1 is 1.58 bits per heavy atom. The van der Waals surface area contributed by atoms with Gasteiger partial charge in [-0.15, -0.1) is 11.3 Å². The zero-order valence-corrected chi connectivity index (χ0v) is 7.68. The van der Waals surface area contributed by atoms with Gasteiger partial charge in [0.2, 0.25) is 0 Å². The molecule has 0 saturated carbocycles. The summed E-state index contributed by atoms with van der Waals surface area (Å²) in [6, 6.07) is 3.31. The minimum Gasteiger partial charge on any atom is -0.386 e. The Morgan fingerprint density at radius 3 is 2.67 bits per heavy atom. The van der Waals surface area contributed by atoms with E-state index in [1.807, 2.05) is 0 Å². The van der Waals surface area contributed by atoms with Crippen LogP contribution in [-0.2, 0) is 10.1 Å². The zero-order valence-electron chi connectivity index (χ0n) is 6.04. The molecular formula is C6H8O4S2. The first-order valence-corrected chi connectivity index (χ1v) is 5.64. The highest BCUT2D eigenvalue weighted by Crippen LogP contribution is 2.19. The minimum atomic E-state index is -4.09. The molecular weight excluding hydrogens is 200 g/mol. The monoisotopic (exact) mass is 208 g/mol. The van der Waals surface area contributed by atoms with E-state index in [9.17, 15) is 13.5 Å². The van der Waals surface area contributed by atoms with E-state index in [0.717, 1.165) is 0 Å². The van der Waals surface area contributed by atoms with Gasteiger partial charge < -0.3 is 5.11 Å². The van der Waals surface area contributed by atoms with Crippen molar-refractivity contribution in [1.82, 2.24) is 0 Å². The number of thiophene rings is 1. The zero-order chi connectivity index (χ0) is 9.19. The molecule has 1 unspecified atom stereocenters. The van der Waals surface area contributed by atoms with Gasteiger partial charge in [-0.05, 0) is 11.4 Å². The summed E-state index contributed by atoms with van der Waals surface area (Å²) in [6.07, 6.45) is -1.12. The normalized spacial score (nSPS) is 14.5. The fraction of sp³-hybridized carbons (Fsp3) is 0.333. The Labute approximate surface area is 74.2 Å². The van der Waals surface area contributed by atoms with Crippen LogP contribution in [0.2, 0.25) is 0 Å². The molecule has 0 bridgehead atoms. The lowest BCUT2D eigenvalue weighted by Crippen LogP contribution is -2.12. The summed E-state index contributed by atoms with van der Waals surface area (Å²) in [5.41, 5.74) is 0. The van der Waals surface area contributed by atoms with Gasteiger partial charge in [-0.25, -0.2) is 0 Å². The first-order chi connectivity index (χ1) is 5.49. The van der Waals surface area contributed by atoms with E-state index >= 15 is 0 Å². The number of aliphatic hydroxyl groups excluding tert-OH is 1. The fourth-order valence-electron chi connectivity index (χ4n) is 0.763. The van der Waals surface area contributed by atoms with Crippen molar-refractivity contribution < 1.29 is 18.1 Å². The molecule has 0 aliphatic rings. The molecule has 6 heteroatoms. The lowest BCUT2D eigenvalue weighted by molar-refractivity contribution is 0.203. The summed E-state index contributed by atoms with van der Waals surface area (Å²) in [5, 5.41) is 10.9. The maximum absolute atomic E-state index is 10.3. The van der Waals surface area contributed by atoms with Gasteiger partial charge in [0.05, 0.1) is 0 Å². The highest BCUT2D eigenvalue weighted by Gasteiger charge is 2.16. The van der Waals surface area contributed by atoms with Gasteiger partial charge >= 0.3 is 0 Å². The summed E-state index contributed by atoms with van der Waals surface area (Å²) in [4.78, 5) is 0.535. The second-order valence-corrected chi connectivity index (χ2v) is 4.76. The van der Waals surface area contributed by atoms with E-state index in [0.29, 0.717) is 4.88 Å². The van der Waals surface area contributed by atoms with E-state index in [1.165, 1.54) is 11.3 Å². The van der Waals surface area contributed by atoms with Crippen LogP contribution >= 0.6 is 11.3 Å². The molecule has 1 rings (SSSR count). The molecule has 1 heterocycles. The summed E-state index contributed by atoms with van der Waals surface area (Å²) >= 11 is 1.25. The maximum Gasteiger partial charge on any atom is 0.267 e. The van der Waals surface area contributed by atoms with Crippen LogP contribution in [0.1, 0.15) is 11.0 Å². The second kappa shape index (κ2) is 3.53. The Kier molecular flexibility index (Phi) is 2.84.